The first kappa shape index (κ1) is 38.6. The van der Waals surface area contributed by atoms with Gasteiger partial charge in [-0.2, -0.15) is 9.98 Å². The third kappa shape index (κ3) is 10.3. The van der Waals surface area contributed by atoms with Gasteiger partial charge in [0, 0.05) is 28.0 Å². The fourth-order valence-electron chi connectivity index (χ4n) is 5.55. The highest BCUT2D eigenvalue weighted by Gasteiger charge is 2.38. The van der Waals surface area contributed by atoms with Gasteiger partial charge in [-0.15, -0.1) is 0 Å². The summed E-state index contributed by atoms with van der Waals surface area (Å²) in [5.41, 5.74) is 2.01. The summed E-state index contributed by atoms with van der Waals surface area (Å²) in [6, 6.07) is 7.88. The van der Waals surface area contributed by atoms with Crippen LogP contribution in [0.3, 0.4) is 0 Å². The number of unbranched alkanes of at least 4 members (excludes halogenated alkanes) is 5. The van der Waals surface area contributed by atoms with Crippen molar-refractivity contribution in [3.8, 4) is 23.0 Å². The second-order valence-electron chi connectivity index (χ2n) is 16.9. The van der Waals surface area contributed by atoms with Gasteiger partial charge < -0.3 is 19.7 Å². The van der Waals surface area contributed by atoms with Gasteiger partial charge in [0.1, 0.15) is 29.3 Å². The van der Waals surface area contributed by atoms with E-state index in [9.17, 15) is 10.2 Å². The van der Waals surface area contributed by atoms with Gasteiger partial charge in [0.25, 0.3) is 0 Å². The number of hydrogen-bond acceptors (Lipinski definition) is 8. The molecule has 0 amide bonds. The van der Waals surface area contributed by atoms with Gasteiger partial charge >= 0.3 is 11.2 Å². The molecule has 0 fully saturated rings. The van der Waals surface area contributed by atoms with Gasteiger partial charge in [-0.3, -0.25) is 5.32 Å². The van der Waals surface area contributed by atoms with E-state index in [-0.39, 0.29) is 27.7 Å². The fourth-order valence-corrected chi connectivity index (χ4v) is 6.61. The van der Waals surface area contributed by atoms with Crippen molar-refractivity contribution in [3.63, 3.8) is 0 Å². The highest BCUT2D eigenvalue weighted by molar-refractivity contribution is 8.00. The summed E-state index contributed by atoms with van der Waals surface area (Å²) in [5, 5.41) is 24.7. The monoisotopic (exact) mass is 667 g/mol. The molecule has 8 heteroatoms. The van der Waals surface area contributed by atoms with E-state index in [2.05, 4.69) is 100 Å². The lowest BCUT2D eigenvalue weighted by Gasteiger charge is -2.34. The molecular weight excluding hydrogens is 607 g/mol. The number of aromatic hydroxyl groups is 2. The van der Waals surface area contributed by atoms with Gasteiger partial charge in [0.2, 0.25) is 0 Å². The number of nitrogens with one attached hydrogen (secondary N) is 1. The Morgan fingerprint density at radius 1 is 0.660 bits per heavy atom. The average Bonchev–Trinajstić information content (AvgIpc) is 2.92. The summed E-state index contributed by atoms with van der Waals surface area (Å²) in [4.78, 5) is 9.23. The van der Waals surface area contributed by atoms with E-state index < -0.39 is 5.18 Å². The van der Waals surface area contributed by atoms with Crippen molar-refractivity contribution in [2.24, 2.45) is 9.98 Å². The average molecular weight is 668 g/mol. The molecule has 7 nitrogen and oxygen atoms in total. The van der Waals surface area contributed by atoms with Crippen molar-refractivity contribution in [1.82, 2.24) is 5.32 Å². The lowest BCUT2D eigenvalue weighted by molar-refractivity contribution is 0.151. The van der Waals surface area contributed by atoms with E-state index in [0.29, 0.717) is 23.0 Å². The van der Waals surface area contributed by atoms with Crippen LogP contribution >= 0.6 is 11.8 Å². The number of aliphatic imine (C=N–C) groups is 2. The van der Waals surface area contributed by atoms with Crippen molar-refractivity contribution in [1.29, 1.82) is 0 Å². The highest BCUT2D eigenvalue weighted by Crippen LogP contribution is 2.44. The summed E-state index contributed by atoms with van der Waals surface area (Å²) in [6.45, 7) is 27.2. The normalized spacial score (nSPS) is 17.3. The van der Waals surface area contributed by atoms with Crippen LogP contribution in [0.2, 0.25) is 0 Å². The lowest BCUT2D eigenvalue weighted by atomic mass is 9.79. The molecule has 3 N–H and O–H groups in total. The van der Waals surface area contributed by atoms with Crippen LogP contribution < -0.4 is 14.8 Å². The molecule has 0 saturated heterocycles. The van der Waals surface area contributed by atoms with Crippen LogP contribution in [0.5, 0.6) is 23.0 Å². The Hall–Kier alpha value is -2.87. The van der Waals surface area contributed by atoms with E-state index in [4.69, 9.17) is 14.5 Å². The molecule has 2 aromatic rings. The maximum atomic E-state index is 11.3. The third-order valence-corrected chi connectivity index (χ3v) is 9.51. The number of benzene rings is 2. The second-order valence-corrected chi connectivity index (χ2v) is 18.2. The summed E-state index contributed by atoms with van der Waals surface area (Å²) in [5.74, 6) is 2.59. The standard InChI is InChI=1S/C39H61N3O4S/c1-14-15-16-17-18-19-20-47-39(46-27-23-30(37(8,9)10)33(44)31(24-27)38(11,12)13)41-25-40-34(42-39)45-26-21-28(35(2,3)4)32(43)29(22-26)36(5,6)7/h21-25,43-44H,14-20H2,1-13H3,(H,40,41,42). The van der Waals surface area contributed by atoms with Gasteiger partial charge in [0.15, 0.2) is 0 Å². The van der Waals surface area contributed by atoms with E-state index in [1.165, 1.54) is 32.0 Å². The molecule has 0 aliphatic carbocycles. The Morgan fingerprint density at radius 3 is 1.53 bits per heavy atom. The summed E-state index contributed by atoms with van der Waals surface area (Å²) >= 11 is 1.57. The van der Waals surface area contributed by atoms with Gasteiger partial charge in [-0.1, -0.05) is 134 Å². The van der Waals surface area contributed by atoms with Crippen LogP contribution in [0.1, 0.15) is 151 Å². The molecule has 0 radical (unpaired) electrons. The van der Waals surface area contributed by atoms with Crippen LogP contribution in [0.15, 0.2) is 34.3 Å². The molecule has 1 unspecified atom stereocenters. The summed E-state index contributed by atoms with van der Waals surface area (Å²) in [7, 11) is 0. The smallest absolute Gasteiger partial charge is 0.336 e. The molecule has 0 aromatic heterocycles. The predicted molar refractivity (Wildman–Crippen MR) is 200 cm³/mol. The minimum absolute atomic E-state index is 0.256. The molecule has 0 bridgehead atoms. The molecule has 2 aromatic carbocycles. The number of phenols is 2. The minimum Gasteiger partial charge on any atom is -0.507 e. The van der Waals surface area contributed by atoms with Crippen LogP contribution in [-0.2, 0) is 21.7 Å². The van der Waals surface area contributed by atoms with Crippen LogP contribution in [0.4, 0.5) is 0 Å². The van der Waals surface area contributed by atoms with E-state index in [1.54, 1.807) is 11.8 Å². The number of ether oxygens (including phenoxy) is 2. The molecule has 1 atom stereocenters. The van der Waals surface area contributed by atoms with Crippen LogP contribution in [-0.4, -0.2) is 33.5 Å². The van der Waals surface area contributed by atoms with E-state index in [0.717, 1.165) is 40.8 Å². The Morgan fingerprint density at radius 2 is 1.09 bits per heavy atom. The molecule has 1 aliphatic heterocycles. The quantitative estimate of drug-likeness (QED) is 0.163. The zero-order chi connectivity index (χ0) is 35.4. The molecule has 47 heavy (non-hydrogen) atoms. The fraction of sp³-hybridized carbons (Fsp3) is 0.641. The van der Waals surface area contributed by atoms with Gasteiger partial charge in [0.05, 0.1) is 0 Å². The number of hydrogen-bond donors (Lipinski definition) is 3. The molecule has 262 valence electrons. The molecule has 1 heterocycles. The largest absolute Gasteiger partial charge is 0.507 e. The summed E-state index contributed by atoms with van der Waals surface area (Å²) < 4.78 is 13.2. The zero-order valence-corrected chi connectivity index (χ0v) is 32.2. The van der Waals surface area contributed by atoms with Crippen molar-refractivity contribution in [2.75, 3.05) is 5.75 Å². The molecule has 0 spiro atoms. The van der Waals surface area contributed by atoms with Crippen molar-refractivity contribution < 1.29 is 19.7 Å². The maximum Gasteiger partial charge on any atom is 0.336 e. The van der Waals surface area contributed by atoms with Gasteiger partial charge in [-0.05, 0) is 52.3 Å². The maximum absolute atomic E-state index is 11.3. The minimum atomic E-state index is -1.24. The van der Waals surface area contributed by atoms with Crippen LogP contribution in [0, 0.1) is 0 Å². The molecule has 0 saturated carbocycles. The predicted octanol–water partition coefficient (Wildman–Crippen LogP) is 10.4. The number of rotatable bonds is 11. The summed E-state index contributed by atoms with van der Waals surface area (Å²) in [6.07, 6.45) is 8.62. The van der Waals surface area contributed by atoms with Crippen molar-refractivity contribution in [3.05, 3.63) is 46.5 Å². The van der Waals surface area contributed by atoms with E-state index >= 15 is 0 Å². The van der Waals surface area contributed by atoms with Crippen molar-refractivity contribution in [2.45, 2.75) is 155 Å². The van der Waals surface area contributed by atoms with E-state index in [1.807, 2.05) is 24.3 Å². The first-order valence-electron chi connectivity index (χ1n) is 17.2. The first-order valence-corrected chi connectivity index (χ1v) is 18.2. The van der Waals surface area contributed by atoms with Gasteiger partial charge in [-0.25, -0.2) is 0 Å². The number of nitrogens with zero attached hydrogens (tertiary/aromatic N) is 2. The first-order chi connectivity index (χ1) is 21.6. The number of phenolic OH excluding ortho intramolecular Hbond substituents is 2. The highest BCUT2D eigenvalue weighted by atomic mass is 32.2. The Kier molecular flexibility index (Phi) is 12.1. The van der Waals surface area contributed by atoms with Crippen molar-refractivity contribution >= 4 is 24.1 Å². The third-order valence-electron chi connectivity index (χ3n) is 8.33. The number of amidine groups is 1. The second kappa shape index (κ2) is 14.7. The number of thioether (sulfide) groups is 1. The molecular formula is C39H61N3O4S. The Labute approximate surface area is 289 Å². The lowest BCUT2D eigenvalue weighted by Crippen LogP contribution is -2.52. The zero-order valence-electron chi connectivity index (χ0n) is 31.4. The SMILES string of the molecule is CCCCCCCCSC1(Oc2cc(C(C)(C)C)c(O)c(C(C)(C)C)c2)N=CN=C(Oc2cc(C(C)(C)C)c(O)c(C(C)(C)C)c2)N1. The molecule has 3 rings (SSSR count). The Bertz CT molecular complexity index is 1370. The Balaban J connectivity index is 2.02. The topological polar surface area (TPSA) is 95.7 Å². The van der Waals surface area contributed by atoms with Crippen LogP contribution in [0.25, 0.3) is 0 Å². The molecule has 1 aliphatic rings.